The van der Waals surface area contributed by atoms with Crippen LogP contribution >= 0.6 is 0 Å². The lowest BCUT2D eigenvalue weighted by molar-refractivity contribution is 1.26. The van der Waals surface area contributed by atoms with Crippen LogP contribution < -0.4 is 5.84 Å². The molecule has 0 saturated carbocycles. The van der Waals surface area contributed by atoms with E-state index in [1.165, 1.54) is 22.3 Å². The molecule has 0 aliphatic carbocycles. The molecule has 17 heavy (non-hydrogen) atoms. The van der Waals surface area contributed by atoms with E-state index in [0.29, 0.717) is 0 Å². The van der Waals surface area contributed by atoms with Crippen LogP contribution in [0.2, 0.25) is 0 Å². The molecule has 86 valence electrons. The van der Waals surface area contributed by atoms with Crippen molar-refractivity contribution in [2.75, 3.05) is 0 Å². The van der Waals surface area contributed by atoms with Crippen molar-refractivity contribution in [2.24, 2.45) is 10.9 Å². The first kappa shape index (κ1) is 11.4. The fourth-order valence-electron chi connectivity index (χ4n) is 2.03. The van der Waals surface area contributed by atoms with E-state index in [0.717, 1.165) is 5.56 Å². The Morgan fingerprint density at radius 1 is 0.941 bits per heavy atom. The standard InChI is InChI=1S/C15H16N2/c1-11-6-12(2)8-15(7-11)14-5-3-4-13(9-14)10-17-16/h3-10H,16H2,1-2H3. The molecule has 0 aromatic heterocycles. The van der Waals surface area contributed by atoms with Crippen molar-refractivity contribution in [3.05, 3.63) is 59.2 Å². The monoisotopic (exact) mass is 224 g/mol. The van der Waals surface area contributed by atoms with Gasteiger partial charge in [0.1, 0.15) is 0 Å². The van der Waals surface area contributed by atoms with Crippen LogP contribution in [0.25, 0.3) is 11.1 Å². The number of benzene rings is 2. The highest BCUT2D eigenvalue weighted by Gasteiger charge is 2.00. The minimum Gasteiger partial charge on any atom is -0.323 e. The molecule has 2 nitrogen and oxygen atoms in total. The summed E-state index contributed by atoms with van der Waals surface area (Å²) in [6.07, 6.45) is 1.66. The molecule has 0 heterocycles. The van der Waals surface area contributed by atoms with Gasteiger partial charge >= 0.3 is 0 Å². The molecular weight excluding hydrogens is 208 g/mol. The Bertz CT molecular complexity index is 536. The summed E-state index contributed by atoms with van der Waals surface area (Å²) in [7, 11) is 0. The fraction of sp³-hybridized carbons (Fsp3) is 0.133. The van der Waals surface area contributed by atoms with Crippen LogP contribution in [0.15, 0.2) is 47.6 Å². The molecule has 0 amide bonds. The smallest absolute Gasteiger partial charge is 0.0538 e. The molecule has 0 bridgehead atoms. The van der Waals surface area contributed by atoms with E-state index in [-0.39, 0.29) is 0 Å². The zero-order chi connectivity index (χ0) is 12.3. The van der Waals surface area contributed by atoms with E-state index < -0.39 is 0 Å². The lowest BCUT2D eigenvalue weighted by Gasteiger charge is -2.06. The molecule has 2 N–H and O–H groups in total. The third-order valence-electron chi connectivity index (χ3n) is 2.67. The predicted molar refractivity (Wildman–Crippen MR) is 73.1 cm³/mol. The summed E-state index contributed by atoms with van der Waals surface area (Å²) in [5.74, 6) is 5.17. The lowest BCUT2D eigenvalue weighted by Crippen LogP contribution is -1.88. The second-order valence-corrected chi connectivity index (χ2v) is 4.28. The van der Waals surface area contributed by atoms with Crippen molar-refractivity contribution in [2.45, 2.75) is 13.8 Å². The van der Waals surface area contributed by atoms with Gasteiger partial charge in [-0.25, -0.2) is 0 Å². The Morgan fingerprint density at radius 3 is 2.29 bits per heavy atom. The van der Waals surface area contributed by atoms with Crippen molar-refractivity contribution in [3.63, 3.8) is 0 Å². The number of hydrogen-bond acceptors (Lipinski definition) is 2. The van der Waals surface area contributed by atoms with Crippen molar-refractivity contribution in [1.82, 2.24) is 0 Å². The van der Waals surface area contributed by atoms with Crippen LogP contribution in [-0.2, 0) is 0 Å². The van der Waals surface area contributed by atoms with Gasteiger partial charge in [0.15, 0.2) is 0 Å². The molecule has 2 aromatic carbocycles. The first-order chi connectivity index (χ1) is 8.19. The van der Waals surface area contributed by atoms with Crippen molar-refractivity contribution in [1.29, 1.82) is 0 Å². The summed E-state index contributed by atoms with van der Waals surface area (Å²) in [6.45, 7) is 4.23. The Kier molecular flexibility index (Phi) is 3.24. The van der Waals surface area contributed by atoms with E-state index >= 15 is 0 Å². The molecule has 0 aliphatic rings. The molecule has 0 radical (unpaired) electrons. The predicted octanol–water partition coefficient (Wildman–Crippen LogP) is 3.26. The van der Waals surface area contributed by atoms with Gasteiger partial charge in [-0.05, 0) is 36.6 Å². The summed E-state index contributed by atoms with van der Waals surface area (Å²) < 4.78 is 0. The van der Waals surface area contributed by atoms with Gasteiger partial charge < -0.3 is 5.84 Å². The normalized spacial score (nSPS) is 10.9. The second-order valence-electron chi connectivity index (χ2n) is 4.28. The molecule has 2 aromatic rings. The van der Waals surface area contributed by atoms with Crippen molar-refractivity contribution in [3.8, 4) is 11.1 Å². The average Bonchev–Trinajstić information content (AvgIpc) is 2.28. The zero-order valence-electron chi connectivity index (χ0n) is 10.1. The molecule has 0 unspecified atom stereocenters. The van der Waals surface area contributed by atoms with Crippen LogP contribution in [0.5, 0.6) is 0 Å². The van der Waals surface area contributed by atoms with Gasteiger partial charge in [-0.15, -0.1) is 0 Å². The van der Waals surface area contributed by atoms with Gasteiger partial charge in [-0.1, -0.05) is 47.5 Å². The average molecular weight is 224 g/mol. The Labute approximate surface area is 102 Å². The molecule has 0 fully saturated rings. The van der Waals surface area contributed by atoms with Crippen LogP contribution in [0.3, 0.4) is 0 Å². The first-order valence-electron chi connectivity index (χ1n) is 5.61. The van der Waals surface area contributed by atoms with Crippen molar-refractivity contribution >= 4 is 6.21 Å². The highest BCUT2D eigenvalue weighted by molar-refractivity contribution is 5.82. The first-order valence-corrected chi connectivity index (χ1v) is 5.61. The quantitative estimate of drug-likeness (QED) is 0.474. The Hall–Kier alpha value is -2.09. The maximum absolute atomic E-state index is 5.17. The number of nitrogens with zero attached hydrogens (tertiary/aromatic N) is 1. The van der Waals surface area contributed by atoms with Crippen molar-refractivity contribution < 1.29 is 0 Å². The molecule has 2 rings (SSSR count). The zero-order valence-corrected chi connectivity index (χ0v) is 10.1. The number of rotatable bonds is 2. The Balaban J connectivity index is 2.48. The summed E-state index contributed by atoms with van der Waals surface area (Å²) in [6, 6.07) is 14.7. The SMILES string of the molecule is Cc1cc(C)cc(-c2cccc(C=NN)c2)c1. The Morgan fingerprint density at radius 2 is 1.65 bits per heavy atom. The summed E-state index contributed by atoms with van der Waals surface area (Å²) >= 11 is 0. The summed E-state index contributed by atoms with van der Waals surface area (Å²) in [5, 5.41) is 3.55. The minimum absolute atomic E-state index is 1.02. The second kappa shape index (κ2) is 4.83. The largest absolute Gasteiger partial charge is 0.323 e. The molecule has 0 atom stereocenters. The molecule has 0 aliphatic heterocycles. The molecule has 0 spiro atoms. The fourth-order valence-corrected chi connectivity index (χ4v) is 2.03. The molecule has 0 saturated heterocycles. The van der Waals surface area contributed by atoms with Gasteiger partial charge in [0, 0.05) is 0 Å². The maximum atomic E-state index is 5.17. The van der Waals surface area contributed by atoms with Crippen LogP contribution in [0.1, 0.15) is 16.7 Å². The van der Waals surface area contributed by atoms with Gasteiger partial charge in [0.05, 0.1) is 6.21 Å². The van der Waals surface area contributed by atoms with E-state index in [1.807, 2.05) is 12.1 Å². The van der Waals surface area contributed by atoms with Gasteiger partial charge in [0.2, 0.25) is 0 Å². The minimum atomic E-state index is 1.02. The highest BCUT2D eigenvalue weighted by atomic mass is 15.1. The number of aryl methyl sites for hydroxylation is 2. The molecular formula is C15H16N2. The maximum Gasteiger partial charge on any atom is 0.0538 e. The van der Waals surface area contributed by atoms with Gasteiger partial charge in [0.25, 0.3) is 0 Å². The number of hydrogen-bond donors (Lipinski definition) is 1. The third kappa shape index (κ3) is 2.72. The van der Waals surface area contributed by atoms with E-state index in [4.69, 9.17) is 5.84 Å². The van der Waals surface area contributed by atoms with E-state index in [1.54, 1.807) is 6.21 Å². The topological polar surface area (TPSA) is 38.4 Å². The highest BCUT2D eigenvalue weighted by Crippen LogP contribution is 2.22. The molecule has 2 heteroatoms. The third-order valence-corrected chi connectivity index (χ3v) is 2.67. The summed E-state index contributed by atoms with van der Waals surface area (Å²) in [5.41, 5.74) is 5.99. The number of nitrogens with two attached hydrogens (primary N) is 1. The van der Waals surface area contributed by atoms with Gasteiger partial charge in [-0.3, -0.25) is 0 Å². The van der Waals surface area contributed by atoms with E-state index in [2.05, 4.69) is 49.3 Å². The number of hydrazone groups is 1. The van der Waals surface area contributed by atoms with Crippen LogP contribution in [0, 0.1) is 13.8 Å². The lowest BCUT2D eigenvalue weighted by atomic mass is 9.99. The van der Waals surface area contributed by atoms with E-state index in [9.17, 15) is 0 Å². The van der Waals surface area contributed by atoms with Gasteiger partial charge in [-0.2, -0.15) is 5.10 Å². The van der Waals surface area contributed by atoms with Crippen LogP contribution in [-0.4, -0.2) is 6.21 Å². The van der Waals surface area contributed by atoms with Crippen LogP contribution in [0.4, 0.5) is 0 Å². The summed E-state index contributed by atoms with van der Waals surface area (Å²) in [4.78, 5) is 0.